The van der Waals surface area contributed by atoms with Crippen LogP contribution in [-0.4, -0.2) is 50.6 Å². The number of anilines is 2. The fourth-order valence-corrected chi connectivity index (χ4v) is 2.72. The van der Waals surface area contributed by atoms with Crippen LogP contribution in [0.5, 0.6) is 5.75 Å². The van der Waals surface area contributed by atoms with Gasteiger partial charge in [-0.15, -0.1) is 0 Å². The molecule has 0 radical (unpaired) electrons. The van der Waals surface area contributed by atoms with Gasteiger partial charge >= 0.3 is 0 Å². The van der Waals surface area contributed by atoms with Gasteiger partial charge in [-0.1, -0.05) is 0 Å². The van der Waals surface area contributed by atoms with Crippen LogP contribution in [0.3, 0.4) is 0 Å². The van der Waals surface area contributed by atoms with Crippen molar-refractivity contribution in [1.29, 1.82) is 0 Å². The molecular formula is C16H20FN5O4S. The Balaban J connectivity index is 2.06. The van der Waals surface area contributed by atoms with E-state index in [-0.39, 0.29) is 35.2 Å². The van der Waals surface area contributed by atoms with Crippen LogP contribution in [0, 0.1) is 5.82 Å². The molecule has 0 spiro atoms. The molecule has 0 saturated carbocycles. The van der Waals surface area contributed by atoms with Crippen molar-refractivity contribution in [2.24, 2.45) is 0 Å². The third-order valence-corrected chi connectivity index (χ3v) is 4.20. The van der Waals surface area contributed by atoms with Crippen LogP contribution in [-0.2, 0) is 10.0 Å². The largest absolute Gasteiger partial charge is 0.496 e. The number of nitrogens with zero attached hydrogens (tertiary/aromatic N) is 2. The number of carbonyl (C=O) groups excluding carboxylic acids is 1. The van der Waals surface area contributed by atoms with Crippen molar-refractivity contribution in [1.82, 2.24) is 14.7 Å². The highest BCUT2D eigenvalue weighted by atomic mass is 32.2. The first-order valence-corrected chi connectivity index (χ1v) is 9.79. The van der Waals surface area contributed by atoms with Crippen molar-refractivity contribution >= 4 is 27.6 Å². The molecule has 11 heteroatoms. The summed E-state index contributed by atoms with van der Waals surface area (Å²) < 4.78 is 42.8. The standard InChI is InChI=1S/C16H20FN5O4S/c1-26-13-5-4-10(17)8-11(13)14(23)12-9-20-16(22-15(12)18)19-6-3-7-21-27(2,24)25/h4-5,8-9,21H,3,6-7H2,1-2H3,(H3,18,19,20,22). The van der Waals surface area contributed by atoms with Crippen molar-refractivity contribution < 1.29 is 22.3 Å². The number of methoxy groups -OCH3 is 1. The third-order valence-electron chi connectivity index (χ3n) is 3.47. The van der Waals surface area contributed by atoms with Crippen LogP contribution >= 0.6 is 0 Å². The van der Waals surface area contributed by atoms with Crippen LogP contribution in [0.4, 0.5) is 16.2 Å². The second-order valence-corrected chi connectivity index (χ2v) is 7.45. The summed E-state index contributed by atoms with van der Waals surface area (Å²) in [5.74, 6) is -0.818. The first-order chi connectivity index (χ1) is 12.7. The normalized spacial score (nSPS) is 11.2. The van der Waals surface area contributed by atoms with Gasteiger partial charge in [-0.05, 0) is 24.6 Å². The van der Waals surface area contributed by atoms with Gasteiger partial charge in [0.1, 0.15) is 17.4 Å². The zero-order valence-corrected chi connectivity index (χ0v) is 15.6. The molecule has 27 heavy (non-hydrogen) atoms. The second kappa shape index (κ2) is 8.73. The molecule has 2 aromatic rings. The molecule has 0 bridgehead atoms. The molecule has 4 N–H and O–H groups in total. The summed E-state index contributed by atoms with van der Waals surface area (Å²) in [7, 11) is -1.86. The lowest BCUT2D eigenvalue weighted by Gasteiger charge is -2.10. The number of benzene rings is 1. The predicted octanol–water partition coefficient (Wildman–Crippen LogP) is 0.789. The molecular weight excluding hydrogens is 377 g/mol. The summed E-state index contributed by atoms with van der Waals surface area (Å²) in [4.78, 5) is 20.6. The Morgan fingerprint density at radius 3 is 2.67 bits per heavy atom. The van der Waals surface area contributed by atoms with E-state index in [0.717, 1.165) is 12.3 Å². The van der Waals surface area contributed by atoms with Crippen LogP contribution in [0.2, 0.25) is 0 Å². The molecule has 1 heterocycles. The lowest BCUT2D eigenvalue weighted by atomic mass is 10.0. The summed E-state index contributed by atoms with van der Waals surface area (Å²) in [5.41, 5.74) is 5.87. The van der Waals surface area contributed by atoms with Gasteiger partial charge in [0.05, 0.1) is 24.5 Å². The summed E-state index contributed by atoms with van der Waals surface area (Å²) in [6.07, 6.45) is 2.82. The Kier molecular flexibility index (Phi) is 6.64. The number of hydrogen-bond donors (Lipinski definition) is 3. The minimum absolute atomic E-state index is 0.0142. The fraction of sp³-hybridized carbons (Fsp3) is 0.312. The maximum Gasteiger partial charge on any atom is 0.224 e. The van der Waals surface area contributed by atoms with E-state index < -0.39 is 21.6 Å². The van der Waals surface area contributed by atoms with Gasteiger partial charge in [0.15, 0.2) is 0 Å². The molecule has 0 aliphatic rings. The Hall–Kier alpha value is -2.79. The van der Waals surface area contributed by atoms with E-state index in [0.29, 0.717) is 13.0 Å². The maximum absolute atomic E-state index is 13.5. The SMILES string of the molecule is COc1ccc(F)cc1C(=O)c1cnc(NCCCNS(C)(=O)=O)nc1N. The molecule has 1 aromatic heterocycles. The average Bonchev–Trinajstić information content (AvgIpc) is 2.60. The molecule has 9 nitrogen and oxygen atoms in total. The lowest BCUT2D eigenvalue weighted by molar-refractivity contribution is 0.103. The zero-order chi connectivity index (χ0) is 20.0. The first-order valence-electron chi connectivity index (χ1n) is 7.90. The van der Waals surface area contributed by atoms with Crippen molar-refractivity contribution in [2.45, 2.75) is 6.42 Å². The minimum atomic E-state index is -3.23. The van der Waals surface area contributed by atoms with Gasteiger partial charge in [-0.25, -0.2) is 22.5 Å². The fourth-order valence-electron chi connectivity index (χ4n) is 2.20. The van der Waals surface area contributed by atoms with Crippen LogP contribution < -0.4 is 20.5 Å². The molecule has 146 valence electrons. The van der Waals surface area contributed by atoms with Crippen LogP contribution in [0.25, 0.3) is 0 Å². The van der Waals surface area contributed by atoms with Crippen molar-refractivity contribution in [2.75, 3.05) is 37.5 Å². The Morgan fingerprint density at radius 1 is 1.30 bits per heavy atom. The number of nitrogens with two attached hydrogens (primary N) is 1. The average molecular weight is 397 g/mol. The van der Waals surface area contributed by atoms with Crippen molar-refractivity contribution in [3.05, 3.63) is 41.3 Å². The third kappa shape index (κ3) is 5.86. The van der Waals surface area contributed by atoms with Gasteiger partial charge in [0, 0.05) is 19.3 Å². The Morgan fingerprint density at radius 2 is 2.04 bits per heavy atom. The van der Waals surface area contributed by atoms with E-state index in [2.05, 4.69) is 20.0 Å². The topological polar surface area (TPSA) is 136 Å². The van der Waals surface area contributed by atoms with E-state index in [1.54, 1.807) is 0 Å². The van der Waals surface area contributed by atoms with Crippen LogP contribution in [0.1, 0.15) is 22.3 Å². The van der Waals surface area contributed by atoms with E-state index in [1.165, 1.54) is 25.4 Å². The molecule has 0 amide bonds. The molecule has 0 aliphatic carbocycles. The maximum atomic E-state index is 13.5. The van der Waals surface area contributed by atoms with Crippen LogP contribution in [0.15, 0.2) is 24.4 Å². The summed E-state index contributed by atoms with van der Waals surface area (Å²) >= 11 is 0. The smallest absolute Gasteiger partial charge is 0.224 e. The Bertz CT molecular complexity index is 936. The zero-order valence-electron chi connectivity index (χ0n) is 14.8. The van der Waals surface area contributed by atoms with Gasteiger partial charge in [-0.3, -0.25) is 4.79 Å². The summed E-state index contributed by atoms with van der Waals surface area (Å²) in [5, 5.41) is 2.88. The number of ketones is 1. The highest BCUT2D eigenvalue weighted by Crippen LogP contribution is 2.24. The molecule has 0 atom stereocenters. The van der Waals surface area contributed by atoms with E-state index in [9.17, 15) is 17.6 Å². The quantitative estimate of drug-likeness (QED) is 0.417. The van der Waals surface area contributed by atoms with E-state index in [4.69, 9.17) is 10.5 Å². The van der Waals surface area contributed by atoms with Gasteiger partial charge in [0.2, 0.25) is 21.8 Å². The number of nitrogens with one attached hydrogen (secondary N) is 2. The van der Waals surface area contributed by atoms with Gasteiger partial charge in [0.25, 0.3) is 0 Å². The highest BCUT2D eigenvalue weighted by molar-refractivity contribution is 7.88. The Labute approximate surface area is 156 Å². The first kappa shape index (κ1) is 20.5. The minimum Gasteiger partial charge on any atom is -0.496 e. The molecule has 0 aliphatic heterocycles. The monoisotopic (exact) mass is 397 g/mol. The van der Waals surface area contributed by atoms with E-state index in [1.807, 2.05) is 0 Å². The number of sulfonamides is 1. The number of halogens is 1. The molecule has 0 unspecified atom stereocenters. The number of carbonyl (C=O) groups is 1. The molecule has 0 fully saturated rings. The summed E-state index contributed by atoms with van der Waals surface area (Å²) in [6.45, 7) is 0.657. The number of nitrogen functional groups attached to an aromatic ring is 1. The number of ether oxygens (including phenoxy) is 1. The molecule has 1 aromatic carbocycles. The van der Waals surface area contributed by atoms with Crippen molar-refractivity contribution in [3.63, 3.8) is 0 Å². The van der Waals surface area contributed by atoms with E-state index >= 15 is 0 Å². The van der Waals surface area contributed by atoms with Gasteiger partial charge in [-0.2, -0.15) is 4.98 Å². The molecule has 0 saturated heterocycles. The summed E-state index contributed by atoms with van der Waals surface area (Å²) in [6, 6.07) is 3.59. The van der Waals surface area contributed by atoms with Gasteiger partial charge < -0.3 is 15.8 Å². The number of aromatic nitrogens is 2. The second-order valence-electron chi connectivity index (χ2n) is 5.61. The highest BCUT2D eigenvalue weighted by Gasteiger charge is 2.19. The lowest BCUT2D eigenvalue weighted by Crippen LogP contribution is -2.24. The molecule has 2 rings (SSSR count). The number of hydrogen-bond acceptors (Lipinski definition) is 8. The van der Waals surface area contributed by atoms with Crippen molar-refractivity contribution in [3.8, 4) is 5.75 Å². The predicted molar refractivity (Wildman–Crippen MR) is 98.8 cm³/mol. The number of rotatable bonds is 9.